The van der Waals surface area contributed by atoms with Crippen molar-refractivity contribution in [1.29, 1.82) is 0 Å². The minimum atomic E-state index is -1.79. The van der Waals surface area contributed by atoms with Gasteiger partial charge in [-0.25, -0.2) is 0 Å². The maximum atomic E-state index is 12.7. The van der Waals surface area contributed by atoms with Crippen molar-refractivity contribution in [2.24, 2.45) is 5.92 Å². The summed E-state index contributed by atoms with van der Waals surface area (Å²) in [5, 5.41) is 2.43. The third kappa shape index (κ3) is 4.13. The number of ether oxygens (including phenoxy) is 2. The molecule has 1 N–H and O–H groups in total. The van der Waals surface area contributed by atoms with Gasteiger partial charge in [0, 0.05) is 11.1 Å². The van der Waals surface area contributed by atoms with E-state index in [-0.39, 0.29) is 17.0 Å². The second kappa shape index (κ2) is 8.57. The fourth-order valence-electron chi connectivity index (χ4n) is 2.29. The zero-order valence-electron chi connectivity index (χ0n) is 14.2. The van der Waals surface area contributed by atoms with Crippen LogP contribution in [0.15, 0.2) is 54.6 Å². The van der Waals surface area contributed by atoms with Crippen LogP contribution < -0.4 is 5.32 Å². The van der Waals surface area contributed by atoms with Gasteiger partial charge in [-0.3, -0.25) is 19.2 Å². The highest BCUT2D eigenvalue weighted by atomic mass is 16.5. The van der Waals surface area contributed by atoms with Gasteiger partial charge in [0.15, 0.2) is 5.78 Å². The van der Waals surface area contributed by atoms with Crippen LogP contribution >= 0.6 is 0 Å². The van der Waals surface area contributed by atoms with Gasteiger partial charge in [-0.15, -0.1) is 0 Å². The van der Waals surface area contributed by atoms with E-state index in [1.54, 1.807) is 42.5 Å². The molecule has 0 aliphatic rings. The number of para-hydroxylation sites is 1. The lowest BCUT2D eigenvalue weighted by molar-refractivity contribution is -0.160. The normalized spacial score (nSPS) is 10.1. The molecule has 2 aromatic carbocycles. The van der Waals surface area contributed by atoms with Crippen molar-refractivity contribution >= 4 is 29.3 Å². The first-order valence-corrected chi connectivity index (χ1v) is 7.65. The summed E-state index contributed by atoms with van der Waals surface area (Å²) in [6.07, 6.45) is 0. The summed E-state index contributed by atoms with van der Waals surface area (Å²) in [6.45, 7) is 0. The van der Waals surface area contributed by atoms with Crippen molar-refractivity contribution in [2.75, 3.05) is 19.5 Å². The van der Waals surface area contributed by atoms with Crippen LogP contribution in [0.1, 0.15) is 15.9 Å². The molecule has 0 spiro atoms. The standard InChI is InChI=1S/C19H17NO6/c1-25-18(23)15(19(24)26-2)17(22)20-14-11-7-6-10-13(14)16(21)12-8-4-3-5-9-12/h3-11,15H,1-2H3,(H,20,22). The summed E-state index contributed by atoms with van der Waals surface area (Å²) in [4.78, 5) is 48.5. The number of benzene rings is 2. The van der Waals surface area contributed by atoms with Crippen LogP contribution in [0.3, 0.4) is 0 Å². The number of nitrogens with one attached hydrogen (secondary N) is 1. The molecule has 0 radical (unpaired) electrons. The third-order valence-corrected chi connectivity index (χ3v) is 3.60. The van der Waals surface area contributed by atoms with Gasteiger partial charge in [0.05, 0.1) is 19.9 Å². The summed E-state index contributed by atoms with van der Waals surface area (Å²) in [6, 6.07) is 14.8. The van der Waals surface area contributed by atoms with Gasteiger partial charge in [-0.2, -0.15) is 0 Å². The Bertz CT molecular complexity index is 815. The number of esters is 2. The largest absolute Gasteiger partial charge is 0.468 e. The molecule has 0 saturated heterocycles. The van der Waals surface area contributed by atoms with Crippen LogP contribution in [0.4, 0.5) is 5.69 Å². The lowest BCUT2D eigenvalue weighted by Crippen LogP contribution is -2.37. The maximum absolute atomic E-state index is 12.7. The predicted molar refractivity (Wildman–Crippen MR) is 92.5 cm³/mol. The molecule has 26 heavy (non-hydrogen) atoms. The molecule has 0 heterocycles. The smallest absolute Gasteiger partial charge is 0.329 e. The average molecular weight is 355 g/mol. The van der Waals surface area contributed by atoms with E-state index >= 15 is 0 Å². The third-order valence-electron chi connectivity index (χ3n) is 3.60. The summed E-state index contributed by atoms with van der Waals surface area (Å²) >= 11 is 0. The zero-order chi connectivity index (χ0) is 19.1. The van der Waals surface area contributed by atoms with Crippen LogP contribution in [-0.4, -0.2) is 37.8 Å². The summed E-state index contributed by atoms with van der Waals surface area (Å²) < 4.78 is 8.95. The molecule has 7 heteroatoms. The monoisotopic (exact) mass is 355 g/mol. The Morgan fingerprint density at radius 1 is 0.808 bits per heavy atom. The van der Waals surface area contributed by atoms with E-state index in [1.807, 2.05) is 0 Å². The lowest BCUT2D eigenvalue weighted by Gasteiger charge is -2.14. The first-order valence-electron chi connectivity index (χ1n) is 7.65. The highest BCUT2D eigenvalue weighted by Crippen LogP contribution is 2.20. The molecule has 134 valence electrons. The van der Waals surface area contributed by atoms with Crippen molar-refractivity contribution in [2.45, 2.75) is 0 Å². The number of rotatable bonds is 6. The van der Waals surface area contributed by atoms with Crippen LogP contribution in [-0.2, 0) is 23.9 Å². The molecule has 0 bridgehead atoms. The minimum absolute atomic E-state index is 0.171. The molecule has 0 aliphatic heterocycles. The molecule has 0 atom stereocenters. The summed E-state index contributed by atoms with van der Waals surface area (Å²) in [5.74, 6) is -5.15. The Hall–Kier alpha value is -3.48. The first-order chi connectivity index (χ1) is 12.5. The van der Waals surface area contributed by atoms with E-state index in [2.05, 4.69) is 14.8 Å². The first kappa shape index (κ1) is 18.9. The van der Waals surface area contributed by atoms with Gasteiger partial charge < -0.3 is 14.8 Å². The molecule has 0 unspecified atom stereocenters. The number of amides is 1. The molecule has 0 fully saturated rings. The van der Waals surface area contributed by atoms with Crippen molar-refractivity contribution < 1.29 is 28.7 Å². The van der Waals surface area contributed by atoms with E-state index in [9.17, 15) is 19.2 Å². The van der Waals surface area contributed by atoms with Gasteiger partial charge in [0.25, 0.3) is 0 Å². The Labute approximate surface area is 149 Å². The van der Waals surface area contributed by atoms with E-state index in [0.717, 1.165) is 14.2 Å². The molecule has 7 nitrogen and oxygen atoms in total. The van der Waals surface area contributed by atoms with E-state index < -0.39 is 23.8 Å². The number of carbonyl (C=O) groups is 4. The minimum Gasteiger partial charge on any atom is -0.468 e. The molecule has 0 saturated carbocycles. The zero-order valence-corrected chi connectivity index (χ0v) is 14.2. The summed E-state index contributed by atoms with van der Waals surface area (Å²) in [5.41, 5.74) is 0.830. The molecule has 0 aromatic heterocycles. The maximum Gasteiger partial charge on any atom is 0.329 e. The Morgan fingerprint density at radius 3 is 1.92 bits per heavy atom. The van der Waals surface area contributed by atoms with E-state index in [4.69, 9.17) is 0 Å². The Kier molecular flexibility index (Phi) is 6.21. The quantitative estimate of drug-likeness (QED) is 0.482. The van der Waals surface area contributed by atoms with Gasteiger partial charge in [-0.05, 0) is 12.1 Å². The molecular formula is C19H17NO6. The topological polar surface area (TPSA) is 98.8 Å². The van der Waals surface area contributed by atoms with Gasteiger partial charge in [0.1, 0.15) is 0 Å². The highest BCUT2D eigenvalue weighted by molar-refractivity contribution is 6.20. The van der Waals surface area contributed by atoms with Crippen molar-refractivity contribution in [3.63, 3.8) is 0 Å². The molecule has 2 rings (SSSR count). The van der Waals surface area contributed by atoms with E-state index in [0.29, 0.717) is 5.56 Å². The number of methoxy groups -OCH3 is 2. The van der Waals surface area contributed by atoms with Crippen LogP contribution in [0.5, 0.6) is 0 Å². The number of hydrogen-bond acceptors (Lipinski definition) is 6. The second-order valence-electron chi connectivity index (χ2n) is 5.21. The van der Waals surface area contributed by atoms with Crippen molar-refractivity contribution in [3.05, 3.63) is 65.7 Å². The molecule has 1 amide bonds. The van der Waals surface area contributed by atoms with Crippen molar-refractivity contribution in [3.8, 4) is 0 Å². The van der Waals surface area contributed by atoms with E-state index in [1.165, 1.54) is 12.1 Å². The summed E-state index contributed by atoms with van der Waals surface area (Å²) in [7, 11) is 2.11. The van der Waals surface area contributed by atoms with Gasteiger partial charge in [0.2, 0.25) is 11.8 Å². The fraction of sp³-hybridized carbons (Fsp3) is 0.158. The average Bonchev–Trinajstić information content (AvgIpc) is 2.68. The Morgan fingerprint density at radius 2 is 1.35 bits per heavy atom. The SMILES string of the molecule is COC(=O)C(C(=O)Nc1ccccc1C(=O)c1ccccc1)C(=O)OC. The number of anilines is 1. The Balaban J connectivity index is 2.32. The molecular weight excluding hydrogens is 338 g/mol. The molecule has 2 aromatic rings. The van der Waals surface area contributed by atoms with Crippen LogP contribution in [0.2, 0.25) is 0 Å². The second-order valence-corrected chi connectivity index (χ2v) is 5.21. The van der Waals surface area contributed by atoms with Crippen LogP contribution in [0.25, 0.3) is 0 Å². The highest BCUT2D eigenvalue weighted by Gasteiger charge is 2.36. The van der Waals surface area contributed by atoms with Crippen molar-refractivity contribution in [1.82, 2.24) is 0 Å². The lowest BCUT2D eigenvalue weighted by atomic mass is 10.0. The fourth-order valence-corrected chi connectivity index (χ4v) is 2.29. The number of hydrogen-bond donors (Lipinski definition) is 1. The predicted octanol–water partition coefficient (Wildman–Crippen LogP) is 1.82. The number of ketones is 1. The molecule has 0 aliphatic carbocycles. The van der Waals surface area contributed by atoms with Gasteiger partial charge >= 0.3 is 11.9 Å². The van der Waals surface area contributed by atoms with Crippen LogP contribution in [0, 0.1) is 5.92 Å². The van der Waals surface area contributed by atoms with Gasteiger partial charge in [-0.1, -0.05) is 42.5 Å². The number of carbonyl (C=O) groups excluding carboxylic acids is 4.